The fraction of sp³-hybridized carbons (Fsp3) is 0. The number of hydrogen-bond acceptors (Lipinski definition) is 0. The zero-order chi connectivity index (χ0) is 0. The monoisotopic (exact) mass is 208 g/mol. The van der Waals surface area contributed by atoms with Crippen molar-refractivity contribution in [1.82, 2.24) is 0 Å². The molecule has 0 aliphatic carbocycles. The van der Waals surface area contributed by atoms with Gasteiger partial charge in [-0.05, 0) is 0 Å². The van der Waals surface area contributed by atoms with E-state index < -0.39 is 0 Å². The molecule has 12 valence electrons. The first-order chi connectivity index (χ1) is 0. The molecule has 4 heteroatoms. The summed E-state index contributed by atoms with van der Waals surface area (Å²) in [6.07, 6.45) is 0. The SMILES string of the molecule is [Ca].[Mg].[Se].[Zn]. The van der Waals surface area contributed by atoms with Crippen LogP contribution in [0.5, 0.6) is 0 Å². The van der Waals surface area contributed by atoms with Crippen molar-refractivity contribution < 1.29 is 19.5 Å². The van der Waals surface area contributed by atoms with Crippen molar-refractivity contribution in [3.8, 4) is 0 Å². The van der Waals surface area contributed by atoms with Gasteiger partial charge in [-0.25, -0.2) is 0 Å². The first-order valence-corrected chi connectivity index (χ1v) is 0. The molecule has 0 nitrogen and oxygen atoms in total. The Labute approximate surface area is 95.2 Å². The van der Waals surface area contributed by atoms with Gasteiger partial charge < -0.3 is 0 Å². The summed E-state index contributed by atoms with van der Waals surface area (Å²) in [5.74, 6) is 0. The smallest absolute Gasteiger partial charge is 0 e. The first-order valence-electron chi connectivity index (χ1n) is 0. The summed E-state index contributed by atoms with van der Waals surface area (Å²) < 4.78 is 0. The third-order valence-electron chi connectivity index (χ3n) is 0. The maximum absolute atomic E-state index is 0. The third kappa shape index (κ3) is 8.95. The van der Waals surface area contributed by atoms with E-state index in [1.54, 1.807) is 0 Å². The largest absolute Gasteiger partial charge is 0 e. The van der Waals surface area contributed by atoms with Gasteiger partial charge in [0.25, 0.3) is 0 Å². The topological polar surface area (TPSA) is 0 Å². The fourth-order valence-electron chi connectivity index (χ4n) is 0. The minimum atomic E-state index is 0. The molecule has 0 heterocycles. The normalized spacial score (nSPS) is 0. The Bertz CT molecular complexity index is 8.00. The van der Waals surface area contributed by atoms with Crippen molar-refractivity contribution in [3.05, 3.63) is 0 Å². The summed E-state index contributed by atoms with van der Waals surface area (Å²) >= 11 is 0. The minimum Gasteiger partial charge on any atom is 0 e. The molecule has 0 aromatic heterocycles. The molecule has 4 heavy (non-hydrogen) atoms. The molecule has 0 aromatic carbocycles. The molecule has 0 aliphatic heterocycles. The Morgan fingerprint density at radius 2 is 1.00 bits per heavy atom. The third-order valence-corrected chi connectivity index (χ3v) is 0. The van der Waals surface area contributed by atoms with Crippen LogP contribution in [0.3, 0.4) is 0 Å². The van der Waals surface area contributed by atoms with Crippen molar-refractivity contribution in [2.45, 2.75) is 0 Å². The molecule has 6 radical (unpaired) electrons. The summed E-state index contributed by atoms with van der Waals surface area (Å²) in [6.45, 7) is 0. The van der Waals surface area contributed by atoms with Gasteiger partial charge in [0, 0.05) is 97.3 Å². The van der Waals surface area contributed by atoms with Crippen LogP contribution in [0.4, 0.5) is 0 Å². The molecular weight excluding hydrogens is 209 g/mol. The summed E-state index contributed by atoms with van der Waals surface area (Å²) in [7, 11) is 0. The van der Waals surface area contributed by atoms with Gasteiger partial charge in [0.1, 0.15) is 0 Å². The Morgan fingerprint density at radius 1 is 1.00 bits per heavy atom. The summed E-state index contributed by atoms with van der Waals surface area (Å²) in [4.78, 5) is 0. The molecule has 0 saturated heterocycles. The predicted octanol–water partition coefficient (Wildman–Crippen LogP) is -1.14. The molecule has 0 aromatic rings. The van der Waals surface area contributed by atoms with E-state index in [1.807, 2.05) is 0 Å². The molecule has 0 N–H and O–H groups in total. The zero-order valence-electron chi connectivity index (χ0n) is 2.53. The first kappa shape index (κ1) is 27.2. The van der Waals surface area contributed by atoms with Crippen LogP contribution < -0.4 is 0 Å². The van der Waals surface area contributed by atoms with E-state index in [0.717, 1.165) is 0 Å². The van der Waals surface area contributed by atoms with Crippen LogP contribution in [-0.2, 0) is 19.5 Å². The maximum Gasteiger partial charge on any atom is 0 e. The van der Waals surface area contributed by atoms with Crippen LogP contribution in [0.1, 0.15) is 0 Å². The molecule has 0 spiro atoms. The quantitative estimate of drug-likeness (QED) is 0.442. The Morgan fingerprint density at radius 3 is 1.00 bits per heavy atom. The van der Waals surface area contributed by atoms with E-state index in [1.165, 1.54) is 0 Å². The van der Waals surface area contributed by atoms with Crippen molar-refractivity contribution in [2.75, 3.05) is 0 Å². The zero-order valence-corrected chi connectivity index (χ0v) is 10.8. The van der Waals surface area contributed by atoms with Crippen LogP contribution in [0, 0.1) is 0 Å². The molecule has 0 saturated carbocycles. The molecule has 0 bridgehead atoms. The van der Waals surface area contributed by atoms with Gasteiger partial charge in [-0.1, -0.05) is 0 Å². The van der Waals surface area contributed by atoms with E-state index in [4.69, 9.17) is 0 Å². The second-order valence-corrected chi connectivity index (χ2v) is 0. The van der Waals surface area contributed by atoms with Gasteiger partial charge in [-0.2, -0.15) is 0 Å². The van der Waals surface area contributed by atoms with Crippen molar-refractivity contribution in [1.29, 1.82) is 0 Å². The average molecular weight is 209 g/mol. The molecule has 0 unspecified atom stereocenters. The van der Waals surface area contributed by atoms with E-state index >= 15 is 0 Å². The Kier molecular flexibility index (Phi) is 111. The summed E-state index contributed by atoms with van der Waals surface area (Å²) in [5.41, 5.74) is 0. The van der Waals surface area contributed by atoms with Crippen LogP contribution in [0.25, 0.3) is 0 Å². The Balaban J connectivity index is 0. The van der Waals surface area contributed by atoms with Crippen molar-refractivity contribution >= 4 is 77.9 Å². The number of hydrogen-bond donors (Lipinski definition) is 0. The van der Waals surface area contributed by atoms with Gasteiger partial charge in [0.2, 0.25) is 0 Å². The second-order valence-electron chi connectivity index (χ2n) is 0. The van der Waals surface area contributed by atoms with Crippen molar-refractivity contribution in [2.24, 2.45) is 0 Å². The standard InChI is InChI=1S/Ca.Mg.Se.Zn. The molecule has 0 atom stereocenters. The van der Waals surface area contributed by atoms with E-state index in [-0.39, 0.29) is 97.3 Å². The van der Waals surface area contributed by atoms with E-state index in [9.17, 15) is 0 Å². The van der Waals surface area contributed by atoms with Crippen LogP contribution in [-0.4, -0.2) is 77.9 Å². The molecule has 0 amide bonds. The molecule has 0 aliphatic rings. The summed E-state index contributed by atoms with van der Waals surface area (Å²) in [6, 6.07) is 0. The molecule has 0 fully saturated rings. The second kappa shape index (κ2) is 16.4. The number of rotatable bonds is 0. The van der Waals surface area contributed by atoms with E-state index in [0.29, 0.717) is 0 Å². The van der Waals surface area contributed by atoms with Gasteiger partial charge in [-0.15, -0.1) is 0 Å². The maximum atomic E-state index is 0. The Hall–Kier alpha value is 3.17. The fourth-order valence-corrected chi connectivity index (χ4v) is 0. The van der Waals surface area contributed by atoms with Crippen molar-refractivity contribution in [3.63, 3.8) is 0 Å². The van der Waals surface area contributed by atoms with Crippen LogP contribution >= 0.6 is 0 Å². The van der Waals surface area contributed by atoms with Crippen LogP contribution in [0.15, 0.2) is 0 Å². The van der Waals surface area contributed by atoms with Gasteiger partial charge in [-0.3, -0.25) is 0 Å². The summed E-state index contributed by atoms with van der Waals surface area (Å²) in [5, 5.41) is 0. The van der Waals surface area contributed by atoms with Crippen LogP contribution in [0.2, 0.25) is 0 Å². The minimum absolute atomic E-state index is 0. The molecular formula is CaMgSeZn. The van der Waals surface area contributed by atoms with E-state index in [2.05, 4.69) is 0 Å². The van der Waals surface area contributed by atoms with Gasteiger partial charge in [0.15, 0.2) is 0 Å². The average Bonchev–Trinajstić information content (AvgIpc) is 0. The van der Waals surface area contributed by atoms with Gasteiger partial charge >= 0.3 is 0 Å². The predicted molar refractivity (Wildman–Crippen MR) is 17.3 cm³/mol. The molecule has 0 rings (SSSR count). The van der Waals surface area contributed by atoms with Gasteiger partial charge in [0.05, 0.1) is 0 Å².